The number of ether oxygens (including phenoxy) is 3. The van der Waals surface area contributed by atoms with Crippen molar-refractivity contribution in [3.8, 4) is 17.2 Å². The van der Waals surface area contributed by atoms with Crippen LogP contribution in [0.5, 0.6) is 17.2 Å². The normalized spacial score (nSPS) is 13.3. The van der Waals surface area contributed by atoms with Crippen LogP contribution in [-0.4, -0.2) is 35.5 Å². The molecule has 0 bridgehead atoms. The lowest BCUT2D eigenvalue weighted by molar-refractivity contribution is 0.0927. The van der Waals surface area contributed by atoms with Gasteiger partial charge in [-0.2, -0.15) is 5.10 Å². The third kappa shape index (κ3) is 5.08. The number of hydrogen-bond donors (Lipinski definition) is 1. The second-order valence-corrected chi connectivity index (χ2v) is 7.28. The predicted molar refractivity (Wildman–Crippen MR) is 118 cm³/mol. The van der Waals surface area contributed by atoms with E-state index in [1.807, 2.05) is 55.5 Å². The maximum Gasteiger partial charge on any atom is 0.272 e. The monoisotopic (exact) mass is 435 g/mol. The molecule has 1 atom stereocenters. The summed E-state index contributed by atoms with van der Waals surface area (Å²) in [4.78, 5) is 25.0. The van der Waals surface area contributed by atoms with Gasteiger partial charge in [0.15, 0.2) is 11.5 Å². The molecule has 32 heavy (non-hydrogen) atoms. The number of nitrogens with zero attached hydrogens (tertiary/aromatic N) is 2. The molecule has 1 aromatic heterocycles. The summed E-state index contributed by atoms with van der Waals surface area (Å²) >= 11 is 0. The van der Waals surface area contributed by atoms with E-state index in [2.05, 4.69) is 10.4 Å². The number of benzene rings is 2. The van der Waals surface area contributed by atoms with Crippen molar-refractivity contribution >= 4 is 5.91 Å². The number of fused-ring (bicyclic) bond motifs is 1. The van der Waals surface area contributed by atoms with E-state index in [0.29, 0.717) is 36.9 Å². The summed E-state index contributed by atoms with van der Waals surface area (Å²) in [6, 6.07) is 17.5. The van der Waals surface area contributed by atoms with Crippen LogP contribution in [-0.2, 0) is 6.54 Å². The molecule has 166 valence electrons. The van der Waals surface area contributed by atoms with Gasteiger partial charge in [-0.25, -0.2) is 4.68 Å². The van der Waals surface area contributed by atoms with E-state index < -0.39 is 0 Å². The fraction of sp³-hybridized carbons (Fsp3) is 0.292. The van der Waals surface area contributed by atoms with Gasteiger partial charge in [0.2, 0.25) is 0 Å². The molecule has 4 rings (SSSR count). The molecule has 0 radical (unpaired) electrons. The molecular formula is C24H25N3O5. The van der Waals surface area contributed by atoms with E-state index in [1.54, 1.807) is 0 Å². The highest BCUT2D eigenvalue weighted by Gasteiger charge is 2.19. The van der Waals surface area contributed by atoms with Crippen LogP contribution in [0.1, 0.15) is 35.4 Å². The van der Waals surface area contributed by atoms with Crippen LogP contribution in [0.4, 0.5) is 0 Å². The molecule has 1 N–H and O–H groups in total. The number of carbonyl (C=O) groups is 1. The van der Waals surface area contributed by atoms with Crippen molar-refractivity contribution in [3.63, 3.8) is 0 Å². The minimum atomic E-state index is -0.357. The fourth-order valence-corrected chi connectivity index (χ4v) is 3.43. The first-order valence-electron chi connectivity index (χ1n) is 10.6. The summed E-state index contributed by atoms with van der Waals surface area (Å²) in [6.07, 6.45) is 0.677. The van der Waals surface area contributed by atoms with Gasteiger partial charge in [0, 0.05) is 6.07 Å². The molecule has 0 aliphatic carbocycles. The maximum atomic E-state index is 12.9. The van der Waals surface area contributed by atoms with Gasteiger partial charge in [-0.1, -0.05) is 31.2 Å². The Kier molecular flexibility index (Phi) is 6.69. The van der Waals surface area contributed by atoms with Crippen molar-refractivity contribution in [1.29, 1.82) is 0 Å². The highest BCUT2D eigenvalue weighted by Crippen LogP contribution is 2.33. The van der Waals surface area contributed by atoms with E-state index in [9.17, 15) is 9.59 Å². The van der Waals surface area contributed by atoms with Gasteiger partial charge < -0.3 is 19.5 Å². The molecular weight excluding hydrogens is 410 g/mol. The van der Waals surface area contributed by atoms with Gasteiger partial charge >= 0.3 is 0 Å². The first-order valence-corrected chi connectivity index (χ1v) is 10.6. The van der Waals surface area contributed by atoms with Crippen LogP contribution in [0, 0.1) is 0 Å². The first kappa shape index (κ1) is 21.4. The third-order valence-corrected chi connectivity index (χ3v) is 5.10. The summed E-state index contributed by atoms with van der Waals surface area (Å²) in [6.45, 7) is 3.50. The minimum Gasteiger partial charge on any atom is -0.492 e. The van der Waals surface area contributed by atoms with Crippen molar-refractivity contribution in [2.75, 3.05) is 19.8 Å². The fourth-order valence-electron chi connectivity index (χ4n) is 3.43. The van der Waals surface area contributed by atoms with Crippen molar-refractivity contribution in [1.82, 2.24) is 15.1 Å². The van der Waals surface area contributed by atoms with Crippen LogP contribution in [0.2, 0.25) is 0 Å². The van der Waals surface area contributed by atoms with Crippen LogP contribution >= 0.6 is 0 Å². The Balaban J connectivity index is 1.43. The van der Waals surface area contributed by atoms with Crippen molar-refractivity contribution in [3.05, 3.63) is 82.3 Å². The van der Waals surface area contributed by atoms with E-state index in [4.69, 9.17) is 14.2 Å². The van der Waals surface area contributed by atoms with Gasteiger partial charge in [0.05, 0.1) is 12.6 Å². The van der Waals surface area contributed by atoms with E-state index in [0.717, 1.165) is 5.56 Å². The van der Waals surface area contributed by atoms with E-state index in [-0.39, 0.29) is 36.4 Å². The van der Waals surface area contributed by atoms with Crippen LogP contribution in [0.25, 0.3) is 0 Å². The summed E-state index contributed by atoms with van der Waals surface area (Å²) in [5, 5.41) is 7.21. The third-order valence-electron chi connectivity index (χ3n) is 5.10. The van der Waals surface area contributed by atoms with Gasteiger partial charge in [-0.05, 0) is 42.3 Å². The zero-order chi connectivity index (χ0) is 22.3. The molecule has 0 spiro atoms. The number of rotatable bonds is 8. The molecule has 1 aliphatic rings. The highest BCUT2D eigenvalue weighted by molar-refractivity contribution is 5.92. The molecule has 8 heteroatoms. The molecule has 0 saturated heterocycles. The highest BCUT2D eigenvalue weighted by atomic mass is 16.6. The Morgan fingerprint density at radius 3 is 2.66 bits per heavy atom. The topological polar surface area (TPSA) is 91.7 Å². The summed E-state index contributed by atoms with van der Waals surface area (Å²) in [5.41, 5.74) is 0.784. The second-order valence-electron chi connectivity index (χ2n) is 7.28. The molecule has 0 unspecified atom stereocenters. The quantitative estimate of drug-likeness (QED) is 0.585. The SMILES string of the molecule is CC[C@@H](NC(=O)c1ccc(=O)n(CCOc2ccccc2)n1)c1ccc2c(c1)OCCO2. The molecule has 1 aliphatic heterocycles. The van der Waals surface area contributed by atoms with Gasteiger partial charge in [0.25, 0.3) is 11.5 Å². The summed E-state index contributed by atoms with van der Waals surface area (Å²) in [7, 11) is 0. The second kappa shape index (κ2) is 10.00. The number of aromatic nitrogens is 2. The predicted octanol–water partition coefficient (Wildman–Crippen LogP) is 2.97. The molecule has 0 saturated carbocycles. The van der Waals surface area contributed by atoms with Crippen molar-refractivity contribution < 1.29 is 19.0 Å². The lowest BCUT2D eigenvalue weighted by Gasteiger charge is -2.22. The first-order chi connectivity index (χ1) is 15.6. The van der Waals surface area contributed by atoms with Crippen molar-refractivity contribution in [2.45, 2.75) is 25.9 Å². The minimum absolute atomic E-state index is 0.167. The Labute approximate surface area is 185 Å². The Bertz CT molecular complexity index is 1130. The smallest absolute Gasteiger partial charge is 0.272 e. The molecule has 2 heterocycles. The Hall–Kier alpha value is -3.81. The summed E-state index contributed by atoms with van der Waals surface area (Å²) < 4.78 is 18.1. The lowest BCUT2D eigenvalue weighted by Crippen LogP contribution is -2.32. The van der Waals surface area contributed by atoms with Crippen LogP contribution < -0.4 is 25.1 Å². The zero-order valence-corrected chi connectivity index (χ0v) is 17.8. The average molecular weight is 435 g/mol. The number of hydrogen-bond acceptors (Lipinski definition) is 6. The maximum absolute atomic E-state index is 12.9. The number of carbonyl (C=O) groups excluding carboxylic acids is 1. The number of nitrogens with one attached hydrogen (secondary N) is 1. The molecule has 1 amide bonds. The van der Waals surface area contributed by atoms with Gasteiger partial charge in [-0.15, -0.1) is 0 Å². The largest absolute Gasteiger partial charge is 0.492 e. The molecule has 0 fully saturated rings. The number of amides is 1. The number of para-hydroxylation sites is 1. The van der Waals surface area contributed by atoms with E-state index in [1.165, 1.54) is 16.8 Å². The molecule has 3 aromatic rings. The standard InChI is InChI=1S/C24H25N3O5/c1-2-19(17-8-10-21-22(16-17)32-15-14-31-21)25-24(29)20-9-11-23(28)27(26-20)12-13-30-18-6-4-3-5-7-18/h3-11,16,19H,2,12-15H2,1H3,(H,25,29)/t19-/m1/s1. The van der Waals surface area contributed by atoms with Crippen LogP contribution in [0.15, 0.2) is 65.5 Å². The van der Waals surface area contributed by atoms with Crippen molar-refractivity contribution in [2.24, 2.45) is 0 Å². The average Bonchev–Trinajstić information content (AvgIpc) is 2.84. The van der Waals surface area contributed by atoms with Crippen LogP contribution in [0.3, 0.4) is 0 Å². The summed E-state index contributed by atoms with van der Waals surface area (Å²) in [5.74, 6) is 1.73. The zero-order valence-electron chi connectivity index (χ0n) is 17.8. The van der Waals surface area contributed by atoms with E-state index >= 15 is 0 Å². The lowest BCUT2D eigenvalue weighted by atomic mass is 10.0. The van der Waals surface area contributed by atoms with Gasteiger partial charge in [0.1, 0.15) is 31.3 Å². The Morgan fingerprint density at radius 2 is 1.88 bits per heavy atom. The Morgan fingerprint density at radius 1 is 1.09 bits per heavy atom. The molecule has 8 nitrogen and oxygen atoms in total. The van der Waals surface area contributed by atoms with Gasteiger partial charge in [-0.3, -0.25) is 9.59 Å². The molecule has 2 aromatic carbocycles.